The van der Waals surface area contributed by atoms with Gasteiger partial charge in [-0.05, 0) is 58.4 Å². The van der Waals surface area contributed by atoms with E-state index in [1.807, 2.05) is 36.4 Å². The maximum absolute atomic E-state index is 12.6. The summed E-state index contributed by atoms with van der Waals surface area (Å²) in [6, 6.07) is 21.8. The van der Waals surface area contributed by atoms with Crippen molar-refractivity contribution in [3.05, 3.63) is 87.3 Å². The summed E-state index contributed by atoms with van der Waals surface area (Å²) in [5, 5.41) is 0. The maximum Gasteiger partial charge on any atom is 0.347 e. The van der Waals surface area contributed by atoms with Crippen molar-refractivity contribution in [2.24, 2.45) is 0 Å². The van der Waals surface area contributed by atoms with Crippen molar-refractivity contribution in [3.63, 3.8) is 0 Å². The number of carbonyl (C=O) groups excluding carboxylic acids is 1. The number of carbonyl (C=O) groups is 1. The van der Waals surface area contributed by atoms with Gasteiger partial charge in [0.1, 0.15) is 36.0 Å². The number of ether oxygens (including phenoxy) is 3. The van der Waals surface area contributed by atoms with Crippen molar-refractivity contribution < 1.29 is 19.0 Å². The molecule has 27 heavy (non-hydrogen) atoms. The average Bonchev–Trinajstić information content (AvgIpc) is 2.68. The van der Waals surface area contributed by atoms with Crippen molar-refractivity contribution in [1.82, 2.24) is 0 Å². The van der Waals surface area contributed by atoms with Gasteiger partial charge in [0.05, 0.1) is 4.47 Å². The number of hydrogen-bond acceptors (Lipinski definition) is 4. The van der Waals surface area contributed by atoms with E-state index in [4.69, 9.17) is 14.2 Å². The van der Waals surface area contributed by atoms with E-state index in [2.05, 4.69) is 31.9 Å². The lowest BCUT2D eigenvalue weighted by Crippen LogP contribution is -2.14. The van der Waals surface area contributed by atoms with Crippen LogP contribution in [0.5, 0.6) is 17.2 Å². The quantitative estimate of drug-likeness (QED) is 0.235. The van der Waals surface area contributed by atoms with E-state index in [0.717, 1.165) is 10.2 Å². The molecule has 0 atom stereocenters. The first kappa shape index (κ1) is 19.5. The van der Waals surface area contributed by atoms with Gasteiger partial charge >= 0.3 is 5.97 Å². The molecular weight excluding hydrogens is 476 g/mol. The number of rotatable bonds is 7. The molecule has 0 radical (unpaired) electrons. The van der Waals surface area contributed by atoms with Gasteiger partial charge in [0, 0.05) is 4.47 Å². The maximum atomic E-state index is 12.6. The Labute approximate surface area is 174 Å². The second kappa shape index (κ2) is 9.58. The van der Waals surface area contributed by atoms with Crippen LogP contribution in [0.2, 0.25) is 0 Å². The van der Waals surface area contributed by atoms with Gasteiger partial charge in [0.25, 0.3) is 0 Å². The molecule has 3 rings (SSSR count). The first-order chi connectivity index (χ1) is 13.1. The molecule has 6 heteroatoms. The summed E-state index contributed by atoms with van der Waals surface area (Å²) in [7, 11) is 0. The third-order valence-corrected chi connectivity index (χ3v) is 4.67. The highest BCUT2D eigenvalue weighted by Crippen LogP contribution is 2.29. The molecule has 0 aromatic heterocycles. The van der Waals surface area contributed by atoms with E-state index in [9.17, 15) is 4.79 Å². The van der Waals surface area contributed by atoms with Crippen LogP contribution in [0.3, 0.4) is 0 Å². The van der Waals surface area contributed by atoms with Gasteiger partial charge < -0.3 is 14.2 Å². The fraction of sp³-hybridized carbons (Fsp3) is 0.0952. The Morgan fingerprint density at radius 3 is 2.26 bits per heavy atom. The summed E-state index contributed by atoms with van der Waals surface area (Å²) >= 11 is 6.75. The molecule has 3 aromatic carbocycles. The lowest BCUT2D eigenvalue weighted by atomic mass is 10.2. The van der Waals surface area contributed by atoms with Crippen molar-refractivity contribution >= 4 is 37.8 Å². The molecule has 0 amide bonds. The molecule has 0 saturated carbocycles. The first-order valence-electron chi connectivity index (χ1n) is 8.20. The lowest BCUT2D eigenvalue weighted by molar-refractivity contribution is 0.0728. The van der Waals surface area contributed by atoms with Crippen LogP contribution in [-0.2, 0) is 0 Å². The van der Waals surface area contributed by atoms with E-state index in [0.29, 0.717) is 34.7 Å². The second-order valence-corrected chi connectivity index (χ2v) is 7.24. The summed E-state index contributed by atoms with van der Waals surface area (Å²) in [6.45, 7) is 0.673. The van der Waals surface area contributed by atoms with Crippen LogP contribution in [0.4, 0.5) is 0 Å². The number of benzene rings is 3. The first-order valence-corrected chi connectivity index (χ1v) is 9.79. The Morgan fingerprint density at radius 1 is 0.778 bits per heavy atom. The van der Waals surface area contributed by atoms with Crippen molar-refractivity contribution in [1.29, 1.82) is 0 Å². The number of halogens is 2. The van der Waals surface area contributed by atoms with Gasteiger partial charge in [0.15, 0.2) is 0 Å². The zero-order valence-corrected chi connectivity index (χ0v) is 17.4. The second-order valence-electron chi connectivity index (χ2n) is 5.47. The zero-order valence-electron chi connectivity index (χ0n) is 14.2. The highest BCUT2D eigenvalue weighted by Gasteiger charge is 2.16. The smallest absolute Gasteiger partial charge is 0.347 e. The normalized spacial score (nSPS) is 10.3. The molecule has 0 fully saturated rings. The zero-order chi connectivity index (χ0) is 19.1. The van der Waals surface area contributed by atoms with Crippen LogP contribution >= 0.6 is 31.9 Å². The van der Waals surface area contributed by atoms with Crippen LogP contribution in [0, 0.1) is 0 Å². The van der Waals surface area contributed by atoms with E-state index < -0.39 is 5.97 Å². The summed E-state index contributed by atoms with van der Waals surface area (Å²) in [6.07, 6.45) is 0. The molecular formula is C21H16Br2O4. The van der Waals surface area contributed by atoms with Gasteiger partial charge in [-0.1, -0.05) is 46.3 Å². The SMILES string of the molecule is O=C(Oc1ccc(Br)cc1Br)c1ccccc1OCCOc1ccccc1. The molecule has 0 aliphatic heterocycles. The van der Waals surface area contributed by atoms with Crippen LogP contribution in [-0.4, -0.2) is 19.2 Å². The van der Waals surface area contributed by atoms with Crippen LogP contribution < -0.4 is 14.2 Å². The standard InChI is InChI=1S/C21H16Br2O4/c22-15-10-11-20(18(23)14-15)27-21(24)17-8-4-5-9-19(17)26-13-12-25-16-6-2-1-3-7-16/h1-11,14H,12-13H2. The minimum Gasteiger partial charge on any atom is -0.490 e. The fourth-order valence-electron chi connectivity index (χ4n) is 2.30. The third-order valence-electron chi connectivity index (χ3n) is 3.56. The van der Waals surface area contributed by atoms with Crippen LogP contribution in [0.15, 0.2) is 81.7 Å². The molecule has 0 spiro atoms. The highest BCUT2D eigenvalue weighted by molar-refractivity contribution is 9.11. The Morgan fingerprint density at radius 2 is 1.48 bits per heavy atom. The Balaban J connectivity index is 1.61. The van der Waals surface area contributed by atoms with Crippen LogP contribution in [0.25, 0.3) is 0 Å². The Bertz CT molecular complexity index is 913. The topological polar surface area (TPSA) is 44.8 Å². The molecule has 0 aliphatic carbocycles. The molecule has 138 valence electrons. The molecule has 0 aliphatic rings. The number of hydrogen-bond donors (Lipinski definition) is 0. The fourth-order valence-corrected chi connectivity index (χ4v) is 3.43. The predicted molar refractivity (Wildman–Crippen MR) is 111 cm³/mol. The highest BCUT2D eigenvalue weighted by atomic mass is 79.9. The molecule has 0 heterocycles. The third kappa shape index (κ3) is 5.58. The van der Waals surface area contributed by atoms with Crippen LogP contribution in [0.1, 0.15) is 10.4 Å². The van der Waals surface area contributed by atoms with E-state index in [-0.39, 0.29) is 0 Å². The van der Waals surface area contributed by atoms with Gasteiger partial charge in [0.2, 0.25) is 0 Å². The minimum absolute atomic E-state index is 0.307. The molecule has 0 N–H and O–H groups in total. The summed E-state index contributed by atoms with van der Waals surface area (Å²) < 4.78 is 18.4. The summed E-state index contributed by atoms with van der Waals surface area (Å²) in [5.41, 5.74) is 0.354. The predicted octanol–water partition coefficient (Wildman–Crippen LogP) is 5.89. The van der Waals surface area contributed by atoms with E-state index in [1.54, 1.807) is 36.4 Å². The molecule has 4 nitrogen and oxygen atoms in total. The molecule has 0 bridgehead atoms. The summed E-state index contributed by atoms with van der Waals surface area (Å²) in [5.74, 6) is 1.17. The molecule has 0 saturated heterocycles. The monoisotopic (exact) mass is 490 g/mol. The van der Waals surface area contributed by atoms with Gasteiger partial charge in [-0.25, -0.2) is 4.79 Å². The number of esters is 1. The van der Waals surface area contributed by atoms with Gasteiger partial charge in [-0.2, -0.15) is 0 Å². The van der Waals surface area contributed by atoms with Gasteiger partial charge in [-0.15, -0.1) is 0 Å². The van der Waals surface area contributed by atoms with E-state index in [1.165, 1.54) is 0 Å². The largest absolute Gasteiger partial charge is 0.490 e. The lowest BCUT2D eigenvalue weighted by Gasteiger charge is -2.12. The van der Waals surface area contributed by atoms with Crippen molar-refractivity contribution in [3.8, 4) is 17.2 Å². The molecule has 3 aromatic rings. The van der Waals surface area contributed by atoms with E-state index >= 15 is 0 Å². The molecule has 0 unspecified atom stereocenters. The van der Waals surface area contributed by atoms with Crippen molar-refractivity contribution in [2.45, 2.75) is 0 Å². The summed E-state index contributed by atoms with van der Waals surface area (Å²) in [4.78, 5) is 12.6. The minimum atomic E-state index is -0.488. The Kier molecular flexibility index (Phi) is 6.90. The number of para-hydroxylation sites is 2. The average molecular weight is 492 g/mol. The van der Waals surface area contributed by atoms with Crippen molar-refractivity contribution in [2.75, 3.05) is 13.2 Å². The van der Waals surface area contributed by atoms with Gasteiger partial charge in [-0.3, -0.25) is 0 Å². The Hall–Kier alpha value is -2.31.